The predicted molar refractivity (Wildman–Crippen MR) is 56.4 cm³/mol. The van der Waals surface area contributed by atoms with Gasteiger partial charge in [0.15, 0.2) is 0 Å². The van der Waals surface area contributed by atoms with E-state index >= 15 is 0 Å². The van der Waals surface area contributed by atoms with Crippen LogP contribution in [-0.2, 0) is 4.79 Å². The molecule has 1 aliphatic carbocycles. The summed E-state index contributed by atoms with van der Waals surface area (Å²) in [5, 5.41) is 2.82. The van der Waals surface area contributed by atoms with Gasteiger partial charge in [-0.1, -0.05) is 0 Å². The second-order valence-corrected chi connectivity index (χ2v) is 3.86. The molecule has 0 aromatic carbocycles. The van der Waals surface area contributed by atoms with E-state index in [1.165, 1.54) is 12.8 Å². The predicted octanol–water partition coefficient (Wildman–Crippen LogP) is 0.643. The highest BCUT2D eigenvalue weighted by Crippen LogP contribution is 2.32. The molecule has 14 heavy (non-hydrogen) atoms. The highest BCUT2D eigenvalue weighted by Gasteiger charge is 2.29. The molecule has 1 rings (SSSR count). The molecule has 0 aliphatic heterocycles. The van der Waals surface area contributed by atoms with Crippen molar-refractivity contribution in [3.63, 3.8) is 0 Å². The number of nitrogens with one attached hydrogen (secondary N) is 1. The number of amides is 1. The third-order valence-electron chi connectivity index (χ3n) is 2.47. The van der Waals surface area contributed by atoms with Crippen LogP contribution in [0.1, 0.15) is 32.1 Å². The average molecular weight is 194 g/mol. The third kappa shape index (κ3) is 4.29. The minimum absolute atomic E-state index is 0.0569. The molecule has 0 bridgehead atoms. The van der Waals surface area contributed by atoms with E-state index < -0.39 is 0 Å². The van der Waals surface area contributed by atoms with Crippen molar-refractivity contribution in [2.24, 2.45) is 11.7 Å². The normalized spacial score (nSPS) is 17.1. The van der Waals surface area contributed by atoms with Crippen LogP contribution in [0.4, 0.5) is 0 Å². The molecule has 0 spiro atoms. The van der Waals surface area contributed by atoms with Crippen molar-refractivity contribution in [3.05, 3.63) is 0 Å². The van der Waals surface area contributed by atoms with Crippen molar-refractivity contribution < 1.29 is 4.79 Å². The van der Waals surface area contributed by atoms with Crippen LogP contribution in [0.3, 0.4) is 0 Å². The summed E-state index contributed by atoms with van der Waals surface area (Å²) in [5.74, 6) is 3.18. The van der Waals surface area contributed by atoms with E-state index in [9.17, 15) is 4.79 Å². The molecule has 1 saturated carbocycles. The molecular weight excluding hydrogens is 176 g/mol. The molecule has 0 heterocycles. The van der Waals surface area contributed by atoms with E-state index in [4.69, 9.17) is 12.2 Å². The van der Waals surface area contributed by atoms with Crippen LogP contribution in [0.25, 0.3) is 0 Å². The molecule has 3 nitrogen and oxygen atoms in total. The molecule has 0 radical (unpaired) electrons. The number of terminal acetylenes is 1. The van der Waals surface area contributed by atoms with Gasteiger partial charge < -0.3 is 11.1 Å². The van der Waals surface area contributed by atoms with Crippen LogP contribution < -0.4 is 11.1 Å². The van der Waals surface area contributed by atoms with Crippen LogP contribution in [0.5, 0.6) is 0 Å². The van der Waals surface area contributed by atoms with Crippen molar-refractivity contribution in [2.45, 2.75) is 38.1 Å². The number of hydrogen-bond donors (Lipinski definition) is 2. The Hall–Kier alpha value is -1.01. The van der Waals surface area contributed by atoms with Crippen molar-refractivity contribution in [3.8, 4) is 12.3 Å². The van der Waals surface area contributed by atoms with E-state index in [-0.39, 0.29) is 11.9 Å². The van der Waals surface area contributed by atoms with Gasteiger partial charge in [0.25, 0.3) is 0 Å². The maximum Gasteiger partial charge on any atom is 0.221 e. The maximum absolute atomic E-state index is 11.3. The fraction of sp³-hybridized carbons (Fsp3) is 0.727. The Morgan fingerprint density at radius 3 is 2.93 bits per heavy atom. The monoisotopic (exact) mass is 194 g/mol. The summed E-state index contributed by atoms with van der Waals surface area (Å²) >= 11 is 0. The first-order chi connectivity index (χ1) is 6.74. The lowest BCUT2D eigenvalue weighted by Gasteiger charge is -2.09. The second-order valence-electron chi connectivity index (χ2n) is 3.86. The SMILES string of the molecule is C#CCCCNC(=O)CC(N)C1CC1. The van der Waals surface area contributed by atoms with Gasteiger partial charge in [-0.05, 0) is 25.2 Å². The second kappa shape index (κ2) is 5.66. The zero-order valence-electron chi connectivity index (χ0n) is 8.46. The summed E-state index contributed by atoms with van der Waals surface area (Å²) in [6.45, 7) is 0.667. The molecule has 0 saturated heterocycles. The first-order valence-corrected chi connectivity index (χ1v) is 5.19. The Morgan fingerprint density at radius 1 is 1.64 bits per heavy atom. The van der Waals surface area contributed by atoms with Gasteiger partial charge in [0, 0.05) is 25.4 Å². The van der Waals surface area contributed by atoms with Crippen molar-refractivity contribution >= 4 is 5.91 Å². The number of carbonyl (C=O) groups excluding carboxylic acids is 1. The van der Waals surface area contributed by atoms with E-state index in [2.05, 4.69) is 11.2 Å². The Kier molecular flexibility index (Phi) is 4.48. The lowest BCUT2D eigenvalue weighted by Crippen LogP contribution is -2.33. The lowest BCUT2D eigenvalue weighted by molar-refractivity contribution is -0.121. The summed E-state index contributed by atoms with van der Waals surface area (Å²) in [7, 11) is 0. The summed E-state index contributed by atoms with van der Waals surface area (Å²) in [6.07, 6.45) is 9.49. The van der Waals surface area contributed by atoms with E-state index in [0.717, 1.165) is 12.8 Å². The minimum Gasteiger partial charge on any atom is -0.356 e. The first-order valence-electron chi connectivity index (χ1n) is 5.19. The van der Waals surface area contributed by atoms with Crippen LogP contribution in [-0.4, -0.2) is 18.5 Å². The van der Waals surface area contributed by atoms with Gasteiger partial charge in [-0.3, -0.25) is 4.79 Å². The summed E-state index contributed by atoms with van der Waals surface area (Å²) in [5.41, 5.74) is 5.82. The largest absolute Gasteiger partial charge is 0.356 e. The molecule has 3 heteroatoms. The standard InChI is InChI=1S/C11H18N2O/c1-2-3-4-7-13-11(14)8-10(12)9-5-6-9/h1,9-10H,3-8,12H2,(H,13,14). The van der Waals surface area contributed by atoms with Gasteiger partial charge in [-0.2, -0.15) is 0 Å². The Bertz CT molecular complexity index is 228. The molecule has 78 valence electrons. The summed E-state index contributed by atoms with van der Waals surface area (Å²) in [6, 6.07) is 0.0580. The molecule has 1 unspecified atom stereocenters. The number of carbonyl (C=O) groups is 1. The average Bonchev–Trinajstić information content (AvgIpc) is 2.95. The Morgan fingerprint density at radius 2 is 2.36 bits per heavy atom. The summed E-state index contributed by atoms with van der Waals surface area (Å²) in [4.78, 5) is 11.3. The Labute approximate surface area is 85.4 Å². The smallest absolute Gasteiger partial charge is 0.221 e. The molecule has 1 atom stereocenters. The van der Waals surface area contributed by atoms with E-state index in [0.29, 0.717) is 18.9 Å². The number of unbranched alkanes of at least 4 members (excludes halogenated alkanes) is 1. The molecule has 1 fully saturated rings. The molecule has 3 N–H and O–H groups in total. The van der Waals surface area contributed by atoms with Gasteiger partial charge in [-0.25, -0.2) is 0 Å². The maximum atomic E-state index is 11.3. The quantitative estimate of drug-likeness (QED) is 0.481. The van der Waals surface area contributed by atoms with Crippen molar-refractivity contribution in [1.29, 1.82) is 0 Å². The molecule has 0 aromatic heterocycles. The minimum atomic E-state index is 0.0569. The van der Waals surface area contributed by atoms with E-state index in [1.807, 2.05) is 0 Å². The molecule has 0 aromatic rings. The fourth-order valence-electron chi connectivity index (χ4n) is 1.40. The Balaban J connectivity index is 2.00. The number of rotatable bonds is 6. The van der Waals surface area contributed by atoms with Crippen molar-refractivity contribution in [2.75, 3.05) is 6.54 Å². The van der Waals surface area contributed by atoms with Gasteiger partial charge in [0.2, 0.25) is 5.91 Å². The van der Waals surface area contributed by atoms with Gasteiger partial charge >= 0.3 is 0 Å². The van der Waals surface area contributed by atoms with Crippen LogP contribution in [0.2, 0.25) is 0 Å². The van der Waals surface area contributed by atoms with Crippen LogP contribution in [0, 0.1) is 18.3 Å². The number of hydrogen-bond acceptors (Lipinski definition) is 2. The topological polar surface area (TPSA) is 55.1 Å². The highest BCUT2D eigenvalue weighted by molar-refractivity contribution is 5.76. The molecule has 1 amide bonds. The highest BCUT2D eigenvalue weighted by atomic mass is 16.1. The fourth-order valence-corrected chi connectivity index (χ4v) is 1.40. The van der Waals surface area contributed by atoms with Crippen molar-refractivity contribution in [1.82, 2.24) is 5.32 Å². The zero-order chi connectivity index (χ0) is 10.4. The first kappa shape index (κ1) is 11.1. The lowest BCUT2D eigenvalue weighted by atomic mass is 10.1. The van der Waals surface area contributed by atoms with Gasteiger partial charge in [0.05, 0.1) is 0 Å². The molecule has 1 aliphatic rings. The zero-order valence-corrected chi connectivity index (χ0v) is 8.46. The molecular formula is C11H18N2O. The number of nitrogens with two attached hydrogens (primary N) is 1. The van der Waals surface area contributed by atoms with Crippen LogP contribution in [0.15, 0.2) is 0 Å². The van der Waals surface area contributed by atoms with E-state index in [1.54, 1.807) is 0 Å². The van der Waals surface area contributed by atoms with Crippen LogP contribution >= 0.6 is 0 Å². The summed E-state index contributed by atoms with van der Waals surface area (Å²) < 4.78 is 0. The third-order valence-corrected chi connectivity index (χ3v) is 2.47. The van der Waals surface area contributed by atoms with Gasteiger partial charge in [-0.15, -0.1) is 12.3 Å². The van der Waals surface area contributed by atoms with Gasteiger partial charge in [0.1, 0.15) is 0 Å².